The molecule has 0 aromatic heterocycles. The molecule has 0 aromatic rings. The summed E-state index contributed by atoms with van der Waals surface area (Å²) in [5, 5.41) is 0. The monoisotopic (exact) mass is 282 g/mol. The maximum atomic E-state index is 6.43. The van der Waals surface area contributed by atoms with Crippen molar-refractivity contribution in [2.45, 2.75) is 85.0 Å². The first-order valence-corrected chi connectivity index (χ1v) is 8.19. The number of hydrogen-bond donors (Lipinski definition) is 2. The van der Waals surface area contributed by atoms with Gasteiger partial charge in [-0.05, 0) is 63.9 Å². The van der Waals surface area contributed by atoms with Gasteiger partial charge in [0, 0.05) is 11.7 Å². The third-order valence-electron chi connectivity index (χ3n) is 4.43. The van der Waals surface area contributed by atoms with Crippen molar-refractivity contribution in [1.82, 2.24) is 0 Å². The Kier molecular flexibility index (Phi) is 7.04. The van der Waals surface area contributed by atoms with Crippen LogP contribution in [0.4, 0.5) is 0 Å². The first kappa shape index (κ1) is 17.5. The number of hydrogen-bond acceptors (Lipinski definition) is 3. The molecule has 1 aliphatic carbocycles. The molecule has 0 bridgehead atoms. The number of ether oxygens (including phenoxy) is 1. The van der Waals surface area contributed by atoms with Crippen molar-refractivity contribution in [2.24, 2.45) is 23.3 Å². The predicted octanol–water partition coefficient (Wildman–Crippen LogP) is 3.58. The van der Waals surface area contributed by atoms with Gasteiger partial charge in [0.2, 0.25) is 0 Å². The molecule has 0 spiro atoms. The number of rotatable bonds is 4. The van der Waals surface area contributed by atoms with Crippen LogP contribution in [-0.4, -0.2) is 18.2 Å². The maximum Gasteiger partial charge on any atom is 0.0581 e. The van der Waals surface area contributed by atoms with Crippen LogP contribution in [0.5, 0.6) is 0 Å². The highest BCUT2D eigenvalue weighted by Gasteiger charge is 2.28. The summed E-state index contributed by atoms with van der Waals surface area (Å²) >= 11 is 0. The molecule has 3 atom stereocenters. The lowest BCUT2D eigenvalue weighted by atomic mass is 9.77. The van der Waals surface area contributed by atoms with Crippen LogP contribution in [0.15, 0.2) is 11.3 Å². The van der Waals surface area contributed by atoms with Gasteiger partial charge in [-0.2, -0.15) is 0 Å². The summed E-state index contributed by atoms with van der Waals surface area (Å²) in [6.07, 6.45) is 6.26. The van der Waals surface area contributed by atoms with Crippen LogP contribution < -0.4 is 11.5 Å². The molecule has 3 nitrogen and oxygen atoms in total. The molecule has 20 heavy (non-hydrogen) atoms. The van der Waals surface area contributed by atoms with Crippen LogP contribution in [0, 0.1) is 11.8 Å². The van der Waals surface area contributed by atoms with Gasteiger partial charge < -0.3 is 16.2 Å². The average molecular weight is 282 g/mol. The third-order valence-corrected chi connectivity index (χ3v) is 4.43. The fraction of sp³-hybridized carbons (Fsp3) is 0.882. The highest BCUT2D eigenvalue weighted by Crippen LogP contribution is 2.33. The molecular formula is C17H34N2O. The quantitative estimate of drug-likeness (QED) is 0.828. The lowest BCUT2D eigenvalue weighted by Crippen LogP contribution is -2.38. The summed E-state index contributed by atoms with van der Waals surface area (Å²) in [5.74, 6) is 0.941. The summed E-state index contributed by atoms with van der Waals surface area (Å²) in [4.78, 5) is 0. The van der Waals surface area contributed by atoms with E-state index in [1.54, 1.807) is 0 Å². The first-order valence-electron chi connectivity index (χ1n) is 8.19. The Labute approximate surface area is 125 Å². The zero-order valence-corrected chi connectivity index (χ0v) is 14.0. The Morgan fingerprint density at radius 2 is 1.80 bits per heavy atom. The minimum Gasteiger partial charge on any atom is -0.402 e. The molecule has 3 unspecified atom stereocenters. The summed E-state index contributed by atoms with van der Waals surface area (Å²) in [7, 11) is 0. The van der Waals surface area contributed by atoms with Gasteiger partial charge in [-0.3, -0.25) is 0 Å². The largest absolute Gasteiger partial charge is 0.402 e. The molecule has 0 saturated heterocycles. The third kappa shape index (κ3) is 5.10. The molecule has 4 N–H and O–H groups in total. The van der Waals surface area contributed by atoms with Gasteiger partial charge >= 0.3 is 0 Å². The van der Waals surface area contributed by atoms with Crippen molar-refractivity contribution >= 4 is 0 Å². The molecule has 1 saturated carbocycles. The van der Waals surface area contributed by atoms with Crippen molar-refractivity contribution in [1.29, 1.82) is 0 Å². The molecule has 1 aliphatic rings. The Hall–Kier alpha value is -0.540. The van der Waals surface area contributed by atoms with Crippen LogP contribution in [-0.2, 0) is 4.74 Å². The van der Waals surface area contributed by atoms with Crippen LogP contribution in [0.1, 0.15) is 66.7 Å². The molecule has 118 valence electrons. The standard InChI is InChI=1S/C17H34N2O/c1-11(2)17(19)16-8-6-7-14(20-12(3)4)9-10-15(16)13(5)18/h11-12,14,16-17H,6-10,18-19H2,1-5H3/b15-13-. The predicted molar refractivity (Wildman–Crippen MR) is 86.3 cm³/mol. The second kappa shape index (κ2) is 8.04. The molecule has 0 heterocycles. The Balaban J connectivity index is 2.79. The second-order valence-corrected chi connectivity index (χ2v) is 6.91. The average Bonchev–Trinajstić information content (AvgIpc) is 2.30. The Bertz CT molecular complexity index is 319. The van der Waals surface area contributed by atoms with Gasteiger partial charge in [0.15, 0.2) is 0 Å². The van der Waals surface area contributed by atoms with E-state index in [-0.39, 0.29) is 6.04 Å². The fourth-order valence-electron chi connectivity index (χ4n) is 3.29. The lowest BCUT2D eigenvalue weighted by Gasteiger charge is -2.34. The molecule has 0 aromatic carbocycles. The summed E-state index contributed by atoms with van der Waals surface area (Å²) in [6, 6.07) is 0.214. The molecule has 0 radical (unpaired) electrons. The SMILES string of the molecule is C/C(N)=C1\CCC(OC(C)C)CCCC1C(N)C(C)C. The van der Waals surface area contributed by atoms with E-state index < -0.39 is 0 Å². The van der Waals surface area contributed by atoms with Gasteiger partial charge in [-0.15, -0.1) is 0 Å². The van der Waals surface area contributed by atoms with Gasteiger partial charge in [0.05, 0.1) is 12.2 Å². The van der Waals surface area contributed by atoms with Crippen LogP contribution >= 0.6 is 0 Å². The summed E-state index contributed by atoms with van der Waals surface area (Å²) < 4.78 is 6.00. The zero-order valence-electron chi connectivity index (χ0n) is 14.0. The van der Waals surface area contributed by atoms with E-state index in [9.17, 15) is 0 Å². The number of nitrogens with two attached hydrogens (primary N) is 2. The first-order chi connectivity index (χ1) is 9.32. The number of allylic oxidation sites excluding steroid dienone is 1. The van der Waals surface area contributed by atoms with Gasteiger partial charge in [0.25, 0.3) is 0 Å². The van der Waals surface area contributed by atoms with Gasteiger partial charge in [0.1, 0.15) is 0 Å². The topological polar surface area (TPSA) is 61.3 Å². The van der Waals surface area contributed by atoms with E-state index in [1.165, 1.54) is 12.0 Å². The van der Waals surface area contributed by atoms with Crippen molar-refractivity contribution in [2.75, 3.05) is 0 Å². The van der Waals surface area contributed by atoms with Crippen molar-refractivity contribution in [3.63, 3.8) is 0 Å². The van der Waals surface area contributed by atoms with Crippen LogP contribution in [0.3, 0.4) is 0 Å². The van der Waals surface area contributed by atoms with Crippen LogP contribution in [0.2, 0.25) is 0 Å². The van der Waals surface area contributed by atoms with E-state index in [1.807, 2.05) is 6.92 Å². The molecule has 3 heteroatoms. The summed E-state index contributed by atoms with van der Waals surface area (Å²) in [6.45, 7) is 10.7. The van der Waals surface area contributed by atoms with Crippen LogP contribution in [0.25, 0.3) is 0 Å². The zero-order chi connectivity index (χ0) is 15.3. The van der Waals surface area contributed by atoms with Crippen molar-refractivity contribution < 1.29 is 4.74 Å². The smallest absolute Gasteiger partial charge is 0.0581 e. The second-order valence-electron chi connectivity index (χ2n) is 6.91. The van der Waals surface area contributed by atoms with E-state index >= 15 is 0 Å². The summed E-state index contributed by atoms with van der Waals surface area (Å²) in [5.41, 5.74) is 14.9. The van der Waals surface area contributed by atoms with E-state index in [4.69, 9.17) is 16.2 Å². The Morgan fingerprint density at radius 3 is 2.30 bits per heavy atom. The maximum absolute atomic E-state index is 6.43. The minimum atomic E-state index is 0.214. The molecule has 1 fully saturated rings. The molecule has 0 amide bonds. The van der Waals surface area contributed by atoms with Crippen molar-refractivity contribution in [3.8, 4) is 0 Å². The highest BCUT2D eigenvalue weighted by molar-refractivity contribution is 5.16. The van der Waals surface area contributed by atoms with E-state index in [0.29, 0.717) is 24.0 Å². The fourth-order valence-corrected chi connectivity index (χ4v) is 3.29. The van der Waals surface area contributed by atoms with E-state index in [0.717, 1.165) is 31.4 Å². The van der Waals surface area contributed by atoms with Gasteiger partial charge in [-0.25, -0.2) is 0 Å². The molecular weight excluding hydrogens is 248 g/mol. The molecule has 0 aliphatic heterocycles. The Morgan fingerprint density at radius 1 is 1.15 bits per heavy atom. The van der Waals surface area contributed by atoms with Crippen molar-refractivity contribution in [3.05, 3.63) is 11.3 Å². The van der Waals surface area contributed by atoms with E-state index in [2.05, 4.69) is 27.7 Å². The molecule has 1 rings (SSSR count). The highest BCUT2D eigenvalue weighted by atomic mass is 16.5. The van der Waals surface area contributed by atoms with Gasteiger partial charge in [-0.1, -0.05) is 20.3 Å². The lowest BCUT2D eigenvalue weighted by molar-refractivity contribution is -0.00549. The minimum absolute atomic E-state index is 0.214. The normalized spacial score (nSPS) is 29.2.